The van der Waals surface area contributed by atoms with E-state index in [1.165, 1.54) is 0 Å². The molecule has 0 aromatic heterocycles. The van der Waals surface area contributed by atoms with E-state index in [1.807, 2.05) is 0 Å². The summed E-state index contributed by atoms with van der Waals surface area (Å²) in [7, 11) is 0. The Labute approximate surface area is 180 Å². The van der Waals surface area contributed by atoms with Crippen molar-refractivity contribution in [3.63, 3.8) is 0 Å². The maximum absolute atomic E-state index is 6.96. The standard InChI is InChI=1S/C24H38O6/c1-7-19(25-13-1)21(9-3-15-27-21)23(11-5-17-29-23)24(12-6-18-30-24)22(10-4-16-28-22)20-8-2-14-26-20/h19-20H,1-18H2/t19-,20-,21-,22+,23+,24-/m0/s1. The van der Waals surface area contributed by atoms with E-state index < -0.39 is 22.4 Å². The van der Waals surface area contributed by atoms with Crippen LogP contribution in [0.2, 0.25) is 0 Å². The molecule has 6 nitrogen and oxygen atoms in total. The van der Waals surface area contributed by atoms with Crippen LogP contribution in [0.4, 0.5) is 0 Å². The van der Waals surface area contributed by atoms with Crippen molar-refractivity contribution in [3.05, 3.63) is 0 Å². The predicted molar refractivity (Wildman–Crippen MR) is 110 cm³/mol. The number of rotatable bonds is 5. The van der Waals surface area contributed by atoms with E-state index in [0.29, 0.717) is 0 Å². The molecule has 6 atom stereocenters. The molecule has 0 saturated carbocycles. The molecular formula is C24H38O6. The summed E-state index contributed by atoms with van der Waals surface area (Å²) in [6, 6.07) is 0. The highest BCUT2D eigenvalue weighted by Crippen LogP contribution is 2.64. The Balaban J connectivity index is 1.52. The van der Waals surface area contributed by atoms with E-state index in [4.69, 9.17) is 28.4 Å². The fourth-order valence-electron chi connectivity index (χ4n) is 8.15. The molecule has 0 N–H and O–H groups in total. The van der Waals surface area contributed by atoms with Gasteiger partial charge in [-0.3, -0.25) is 0 Å². The summed E-state index contributed by atoms with van der Waals surface area (Å²) >= 11 is 0. The van der Waals surface area contributed by atoms with Crippen LogP contribution in [0, 0.1) is 0 Å². The number of hydrogen-bond donors (Lipinski definition) is 0. The fraction of sp³-hybridized carbons (Fsp3) is 1.00. The second kappa shape index (κ2) is 7.67. The summed E-state index contributed by atoms with van der Waals surface area (Å²) in [6.45, 7) is 4.76. The zero-order valence-electron chi connectivity index (χ0n) is 18.3. The average Bonchev–Trinajstić information content (AvgIpc) is 3.64. The van der Waals surface area contributed by atoms with Gasteiger partial charge in [-0.1, -0.05) is 0 Å². The monoisotopic (exact) mass is 422 g/mol. The Morgan fingerprint density at radius 1 is 0.433 bits per heavy atom. The summed E-state index contributed by atoms with van der Waals surface area (Å²) in [5.74, 6) is 0. The van der Waals surface area contributed by atoms with Gasteiger partial charge in [0.25, 0.3) is 0 Å². The third-order valence-electron chi connectivity index (χ3n) is 9.07. The zero-order chi connectivity index (χ0) is 20.1. The molecule has 0 radical (unpaired) electrons. The van der Waals surface area contributed by atoms with Gasteiger partial charge in [-0.25, -0.2) is 0 Å². The van der Waals surface area contributed by atoms with E-state index in [1.54, 1.807) is 0 Å². The van der Waals surface area contributed by atoms with Crippen molar-refractivity contribution in [2.24, 2.45) is 0 Å². The molecule has 0 unspecified atom stereocenters. The van der Waals surface area contributed by atoms with Crippen LogP contribution in [0.25, 0.3) is 0 Å². The zero-order valence-corrected chi connectivity index (χ0v) is 18.3. The van der Waals surface area contributed by atoms with E-state index in [2.05, 4.69) is 0 Å². The number of hydrogen-bond acceptors (Lipinski definition) is 6. The van der Waals surface area contributed by atoms with Gasteiger partial charge in [0.15, 0.2) is 0 Å². The minimum atomic E-state index is -0.529. The number of ether oxygens (including phenoxy) is 6. The van der Waals surface area contributed by atoms with Crippen molar-refractivity contribution in [3.8, 4) is 0 Å². The minimum absolute atomic E-state index is 0.0853. The van der Waals surface area contributed by atoms with Crippen molar-refractivity contribution in [1.82, 2.24) is 0 Å². The van der Waals surface area contributed by atoms with Gasteiger partial charge in [-0.05, 0) is 77.0 Å². The van der Waals surface area contributed by atoms with Gasteiger partial charge in [0.1, 0.15) is 22.4 Å². The highest BCUT2D eigenvalue weighted by Gasteiger charge is 2.78. The summed E-state index contributed by atoms with van der Waals surface area (Å²) in [5, 5.41) is 0. The molecule has 30 heavy (non-hydrogen) atoms. The van der Waals surface area contributed by atoms with Crippen molar-refractivity contribution < 1.29 is 28.4 Å². The van der Waals surface area contributed by atoms with Crippen LogP contribution in [0.1, 0.15) is 77.0 Å². The normalized spacial score (nSPS) is 52.0. The van der Waals surface area contributed by atoms with Gasteiger partial charge < -0.3 is 28.4 Å². The lowest BCUT2D eigenvalue weighted by atomic mass is 9.56. The lowest BCUT2D eigenvalue weighted by Gasteiger charge is -2.61. The van der Waals surface area contributed by atoms with E-state index >= 15 is 0 Å². The third-order valence-corrected chi connectivity index (χ3v) is 9.07. The van der Waals surface area contributed by atoms with Gasteiger partial charge in [-0.2, -0.15) is 0 Å². The summed E-state index contributed by atoms with van der Waals surface area (Å²) in [4.78, 5) is 0. The van der Waals surface area contributed by atoms with Crippen LogP contribution in [-0.4, -0.2) is 74.3 Å². The third kappa shape index (κ3) is 2.52. The lowest BCUT2D eigenvalue weighted by molar-refractivity contribution is -0.335. The Hall–Kier alpha value is -0.240. The van der Waals surface area contributed by atoms with Gasteiger partial charge >= 0.3 is 0 Å². The van der Waals surface area contributed by atoms with E-state index in [0.717, 1.165) is 117 Å². The Morgan fingerprint density at radius 3 is 1.17 bits per heavy atom. The molecule has 6 heteroatoms. The molecule has 0 aromatic carbocycles. The predicted octanol–water partition coefficient (Wildman–Crippen LogP) is 3.54. The average molecular weight is 423 g/mol. The molecule has 6 aliphatic rings. The highest BCUT2D eigenvalue weighted by atomic mass is 16.6. The van der Waals surface area contributed by atoms with Crippen LogP contribution in [0.3, 0.4) is 0 Å². The van der Waals surface area contributed by atoms with Gasteiger partial charge in [0.05, 0.1) is 12.2 Å². The van der Waals surface area contributed by atoms with Crippen LogP contribution >= 0.6 is 0 Å². The molecule has 0 aromatic rings. The Kier molecular flexibility index (Phi) is 5.21. The largest absolute Gasteiger partial charge is 0.375 e. The Bertz CT molecular complexity index is 545. The minimum Gasteiger partial charge on any atom is -0.375 e. The van der Waals surface area contributed by atoms with Crippen LogP contribution in [0.5, 0.6) is 0 Å². The molecule has 170 valence electrons. The van der Waals surface area contributed by atoms with Crippen LogP contribution in [0.15, 0.2) is 0 Å². The van der Waals surface area contributed by atoms with Crippen molar-refractivity contribution in [1.29, 1.82) is 0 Å². The summed E-state index contributed by atoms with van der Waals surface area (Å²) < 4.78 is 40.2. The maximum atomic E-state index is 6.96. The van der Waals surface area contributed by atoms with Gasteiger partial charge in [-0.15, -0.1) is 0 Å². The topological polar surface area (TPSA) is 55.4 Å². The first-order chi connectivity index (χ1) is 14.8. The SMILES string of the molecule is C1CO[C@H]([C@]2([C@@]3([C@@]4([C@]5([C@@H]6CCCO6)CCCO5)CCCO4)CCCO3)CCCO2)C1. The molecule has 0 bridgehead atoms. The van der Waals surface area contributed by atoms with E-state index in [9.17, 15) is 0 Å². The second-order valence-corrected chi connectivity index (χ2v) is 10.2. The lowest BCUT2D eigenvalue weighted by Crippen LogP contribution is -2.79. The molecule has 0 spiro atoms. The Morgan fingerprint density at radius 2 is 0.867 bits per heavy atom. The van der Waals surface area contributed by atoms with Gasteiger partial charge in [0, 0.05) is 39.6 Å². The van der Waals surface area contributed by atoms with Crippen molar-refractivity contribution in [2.75, 3.05) is 39.6 Å². The second-order valence-electron chi connectivity index (χ2n) is 10.2. The molecule has 6 saturated heterocycles. The van der Waals surface area contributed by atoms with Crippen molar-refractivity contribution in [2.45, 2.75) is 112 Å². The van der Waals surface area contributed by atoms with E-state index in [-0.39, 0.29) is 12.2 Å². The van der Waals surface area contributed by atoms with Crippen LogP contribution in [-0.2, 0) is 28.4 Å². The first-order valence-electron chi connectivity index (χ1n) is 12.6. The quantitative estimate of drug-likeness (QED) is 0.676. The molecule has 6 rings (SSSR count). The smallest absolute Gasteiger partial charge is 0.131 e. The molecule has 6 fully saturated rings. The molecule has 0 aliphatic carbocycles. The summed E-state index contributed by atoms with van der Waals surface area (Å²) in [6.07, 6.45) is 12.6. The molecular weight excluding hydrogens is 384 g/mol. The van der Waals surface area contributed by atoms with Gasteiger partial charge in [0.2, 0.25) is 0 Å². The van der Waals surface area contributed by atoms with Crippen molar-refractivity contribution >= 4 is 0 Å². The van der Waals surface area contributed by atoms with Crippen LogP contribution < -0.4 is 0 Å². The fourth-order valence-corrected chi connectivity index (χ4v) is 8.15. The summed E-state index contributed by atoms with van der Waals surface area (Å²) in [5.41, 5.74) is -1.94. The first-order valence-corrected chi connectivity index (χ1v) is 12.6. The molecule has 6 aliphatic heterocycles. The molecule has 6 heterocycles. The highest BCUT2D eigenvalue weighted by molar-refractivity contribution is 5.28. The first kappa shape index (κ1) is 20.4. The maximum Gasteiger partial charge on any atom is 0.131 e. The molecule has 0 amide bonds.